The number of aldehydes is 1. The molecule has 14 nitrogen and oxygen atoms in total. The number of nitrogens with one attached hydrogen (secondary N) is 1. The number of rotatable bonds is 32. The normalized spacial score (nSPS) is 10.8. The van der Waals surface area contributed by atoms with Crippen LogP contribution < -0.4 is 5.32 Å². The molecule has 0 bridgehead atoms. The maximum atomic E-state index is 11.5. The lowest BCUT2D eigenvalue weighted by Gasteiger charge is -2.10. The van der Waals surface area contributed by atoms with Crippen molar-refractivity contribution in [2.24, 2.45) is 0 Å². The van der Waals surface area contributed by atoms with E-state index in [-0.39, 0.29) is 18.9 Å². The van der Waals surface area contributed by atoms with E-state index in [1.54, 1.807) is 0 Å². The van der Waals surface area contributed by atoms with E-state index in [1.165, 1.54) is 0 Å². The number of carbonyl (C=O) groups is 4. The van der Waals surface area contributed by atoms with Crippen LogP contribution in [-0.2, 0) is 57.1 Å². The lowest BCUT2D eigenvalue weighted by Crippen LogP contribution is -2.31. The molecule has 0 aromatic heterocycles. The van der Waals surface area contributed by atoms with E-state index >= 15 is 0 Å². The average Bonchev–Trinajstić information content (AvgIpc) is 2.93. The minimum atomic E-state index is -0.262. The Morgan fingerprint density at radius 2 is 0.868 bits per heavy atom. The number of imide groups is 1. The van der Waals surface area contributed by atoms with Gasteiger partial charge in [0.2, 0.25) is 18.7 Å². The van der Waals surface area contributed by atoms with Crippen molar-refractivity contribution in [1.29, 1.82) is 0 Å². The number of nitrogens with zero attached hydrogens (tertiary/aromatic N) is 1. The van der Waals surface area contributed by atoms with Gasteiger partial charge in [-0.15, -0.1) is 0 Å². The largest absolute Gasteiger partial charge is 0.379 e. The van der Waals surface area contributed by atoms with E-state index in [4.69, 9.17) is 37.9 Å². The quantitative estimate of drug-likeness (QED) is 0.0789. The maximum absolute atomic E-state index is 11.5. The Labute approximate surface area is 224 Å². The van der Waals surface area contributed by atoms with Crippen LogP contribution in [0.15, 0.2) is 0 Å². The molecule has 0 aliphatic rings. The monoisotopic (exact) mass is 552 g/mol. The summed E-state index contributed by atoms with van der Waals surface area (Å²) in [5, 5.41) is 2.63. The third-order valence-electron chi connectivity index (χ3n) is 4.42. The molecular formula is C24H44N2O12. The number of carbonyl (C=O) groups excluding carboxylic acids is 4. The third-order valence-corrected chi connectivity index (χ3v) is 4.42. The van der Waals surface area contributed by atoms with Crippen molar-refractivity contribution in [2.75, 3.05) is 119 Å². The van der Waals surface area contributed by atoms with Crippen LogP contribution in [0.5, 0.6) is 0 Å². The Bertz CT molecular complexity index is 548. The molecule has 0 radical (unpaired) electrons. The van der Waals surface area contributed by atoms with Crippen molar-refractivity contribution in [3.63, 3.8) is 0 Å². The van der Waals surface area contributed by atoms with E-state index in [1.807, 2.05) is 0 Å². The van der Waals surface area contributed by atoms with Crippen molar-refractivity contribution >= 4 is 25.0 Å². The fraction of sp³-hybridized carbons (Fsp3) is 0.833. The van der Waals surface area contributed by atoms with Crippen molar-refractivity contribution in [1.82, 2.24) is 10.2 Å². The SMILES string of the molecule is O=CCCOCCOCCOCCOCCOCCOCCOCCOCCNC(=O)CCN(C=O)C=O. The molecule has 1 N–H and O–H groups in total. The molecule has 0 atom stereocenters. The lowest BCUT2D eigenvalue weighted by molar-refractivity contribution is -0.130. The second kappa shape index (κ2) is 31.2. The van der Waals surface area contributed by atoms with Gasteiger partial charge in [-0.05, 0) is 0 Å². The van der Waals surface area contributed by atoms with Crippen LogP contribution in [0.4, 0.5) is 0 Å². The minimum Gasteiger partial charge on any atom is -0.379 e. The third kappa shape index (κ3) is 28.5. The summed E-state index contributed by atoms with van der Waals surface area (Å²) in [4.78, 5) is 43.4. The highest BCUT2D eigenvalue weighted by atomic mass is 16.6. The molecule has 0 saturated heterocycles. The van der Waals surface area contributed by atoms with Gasteiger partial charge in [0.15, 0.2) is 0 Å². The van der Waals surface area contributed by atoms with Crippen molar-refractivity contribution in [2.45, 2.75) is 12.8 Å². The first-order valence-corrected chi connectivity index (χ1v) is 12.7. The Morgan fingerprint density at radius 1 is 0.526 bits per heavy atom. The first kappa shape index (κ1) is 36.0. The standard InChI is InChI=1S/C24H44N2O12/c27-5-1-6-31-8-10-33-12-14-35-16-18-37-20-21-38-19-17-36-15-13-34-11-9-32-7-3-25-24(30)2-4-26(22-28)23-29/h5,22-23H,1-4,6-21H2,(H,25,30). The van der Waals surface area contributed by atoms with Crippen molar-refractivity contribution < 1.29 is 57.1 Å². The number of hydrogen-bond donors (Lipinski definition) is 1. The molecule has 0 unspecified atom stereocenters. The molecule has 3 amide bonds. The van der Waals surface area contributed by atoms with Crippen LogP contribution in [-0.4, -0.2) is 149 Å². The highest BCUT2D eigenvalue weighted by molar-refractivity contribution is 5.77. The molecule has 0 saturated carbocycles. The molecule has 0 heterocycles. The first-order chi connectivity index (χ1) is 18.7. The molecule has 0 aromatic carbocycles. The summed E-state index contributed by atoms with van der Waals surface area (Å²) < 4.78 is 42.8. The highest BCUT2D eigenvalue weighted by Crippen LogP contribution is 1.87. The van der Waals surface area contributed by atoms with Gasteiger partial charge in [-0.1, -0.05) is 0 Å². The summed E-state index contributed by atoms with van der Waals surface area (Å²) in [6.07, 6.45) is 2.03. The zero-order valence-corrected chi connectivity index (χ0v) is 22.2. The summed E-state index contributed by atoms with van der Waals surface area (Å²) in [7, 11) is 0. The Morgan fingerprint density at radius 3 is 1.21 bits per heavy atom. The summed E-state index contributed by atoms with van der Waals surface area (Å²) in [6.45, 7) is 7.58. The van der Waals surface area contributed by atoms with E-state index < -0.39 is 0 Å². The second-order valence-electron chi connectivity index (χ2n) is 7.40. The second-order valence-corrected chi connectivity index (χ2v) is 7.40. The molecule has 0 aliphatic carbocycles. The minimum absolute atomic E-state index is 0.0498. The zero-order chi connectivity index (χ0) is 27.8. The van der Waals surface area contributed by atoms with Crippen LogP contribution in [0.1, 0.15) is 12.8 Å². The number of amides is 3. The number of hydrogen-bond acceptors (Lipinski definition) is 12. The molecule has 38 heavy (non-hydrogen) atoms. The first-order valence-electron chi connectivity index (χ1n) is 12.7. The molecule has 0 aromatic rings. The van der Waals surface area contributed by atoms with Gasteiger partial charge >= 0.3 is 0 Å². The van der Waals surface area contributed by atoms with Crippen LogP contribution in [0.25, 0.3) is 0 Å². The Balaban J connectivity index is 3.13. The van der Waals surface area contributed by atoms with E-state index in [9.17, 15) is 19.2 Å². The van der Waals surface area contributed by atoms with Crippen LogP contribution >= 0.6 is 0 Å². The Hall–Kier alpha value is -2.04. The van der Waals surface area contributed by atoms with Gasteiger partial charge in [0.25, 0.3) is 0 Å². The van der Waals surface area contributed by atoms with Gasteiger partial charge < -0.3 is 48.0 Å². The van der Waals surface area contributed by atoms with Crippen LogP contribution in [0, 0.1) is 0 Å². The van der Waals surface area contributed by atoms with E-state index in [0.29, 0.717) is 131 Å². The van der Waals surface area contributed by atoms with Crippen LogP contribution in [0.2, 0.25) is 0 Å². The van der Waals surface area contributed by atoms with Crippen molar-refractivity contribution in [3.05, 3.63) is 0 Å². The van der Waals surface area contributed by atoms with Gasteiger partial charge in [-0.25, -0.2) is 0 Å². The fourth-order valence-electron chi connectivity index (χ4n) is 2.48. The van der Waals surface area contributed by atoms with Gasteiger partial charge in [0.05, 0.1) is 106 Å². The molecule has 14 heteroatoms. The predicted molar refractivity (Wildman–Crippen MR) is 134 cm³/mol. The van der Waals surface area contributed by atoms with Gasteiger partial charge in [0.1, 0.15) is 6.29 Å². The maximum Gasteiger partial charge on any atom is 0.221 e. The zero-order valence-electron chi connectivity index (χ0n) is 22.2. The lowest BCUT2D eigenvalue weighted by atomic mass is 10.4. The summed E-state index contributed by atoms with van der Waals surface area (Å²) >= 11 is 0. The smallest absolute Gasteiger partial charge is 0.221 e. The van der Waals surface area contributed by atoms with Crippen LogP contribution in [0.3, 0.4) is 0 Å². The summed E-state index contributed by atoms with van der Waals surface area (Å²) in [6, 6.07) is 0. The van der Waals surface area contributed by atoms with E-state index in [0.717, 1.165) is 11.2 Å². The van der Waals surface area contributed by atoms with Crippen molar-refractivity contribution in [3.8, 4) is 0 Å². The van der Waals surface area contributed by atoms with Gasteiger partial charge in [-0.2, -0.15) is 0 Å². The molecule has 0 spiro atoms. The molecule has 0 rings (SSSR count). The van der Waals surface area contributed by atoms with E-state index in [2.05, 4.69) is 5.32 Å². The predicted octanol–water partition coefficient (Wildman–Crippen LogP) is -1.17. The average molecular weight is 553 g/mol. The highest BCUT2D eigenvalue weighted by Gasteiger charge is 2.04. The fourth-order valence-corrected chi connectivity index (χ4v) is 2.48. The number of ether oxygens (including phenoxy) is 8. The topological polar surface area (TPSA) is 157 Å². The summed E-state index contributed by atoms with van der Waals surface area (Å²) in [5.41, 5.74) is 0. The van der Waals surface area contributed by atoms with Gasteiger partial charge in [0, 0.05) is 25.9 Å². The summed E-state index contributed by atoms with van der Waals surface area (Å²) in [5.74, 6) is -0.262. The van der Waals surface area contributed by atoms with Gasteiger partial charge in [-0.3, -0.25) is 19.3 Å². The molecule has 0 fully saturated rings. The molecule has 222 valence electrons. The molecule has 0 aliphatic heterocycles. The Kier molecular flexibility index (Phi) is 29.5. The molecular weight excluding hydrogens is 508 g/mol.